The van der Waals surface area contributed by atoms with Gasteiger partial charge in [0.05, 0.1) is 12.0 Å². The van der Waals surface area contributed by atoms with Crippen molar-refractivity contribution >= 4 is 11.4 Å². The molecule has 0 aliphatic carbocycles. The summed E-state index contributed by atoms with van der Waals surface area (Å²) >= 11 is 0. The molecule has 0 radical (unpaired) electrons. The van der Waals surface area contributed by atoms with Gasteiger partial charge in [0, 0.05) is 6.04 Å². The Bertz CT molecular complexity index is 447. The Morgan fingerprint density at radius 1 is 1.30 bits per heavy atom. The minimum absolute atomic E-state index is 0.00529. The van der Waals surface area contributed by atoms with Gasteiger partial charge in [0.15, 0.2) is 5.75 Å². The summed E-state index contributed by atoms with van der Waals surface area (Å²) in [6.07, 6.45) is 3.28. The van der Waals surface area contributed by atoms with Crippen molar-refractivity contribution in [2.75, 3.05) is 12.4 Å². The fraction of sp³-hybridized carbons (Fsp3) is 0.600. The number of rotatable bonds is 8. The predicted octanol–water partition coefficient (Wildman–Crippen LogP) is 4.23. The van der Waals surface area contributed by atoms with Gasteiger partial charge in [-0.05, 0) is 31.4 Å². The van der Waals surface area contributed by atoms with Gasteiger partial charge in [-0.1, -0.05) is 32.8 Å². The topological polar surface area (TPSA) is 64.4 Å². The zero-order valence-electron chi connectivity index (χ0n) is 12.7. The van der Waals surface area contributed by atoms with Gasteiger partial charge in [-0.25, -0.2) is 0 Å². The number of ether oxygens (including phenoxy) is 1. The van der Waals surface area contributed by atoms with Crippen LogP contribution in [0.25, 0.3) is 0 Å². The number of hydrogen-bond donors (Lipinski definition) is 1. The Balaban J connectivity index is 2.74. The van der Waals surface area contributed by atoms with Crippen molar-refractivity contribution < 1.29 is 9.66 Å². The minimum Gasteiger partial charge on any atom is -0.490 e. The van der Waals surface area contributed by atoms with Gasteiger partial charge in [0.2, 0.25) is 0 Å². The maximum atomic E-state index is 11.2. The molecular formula is C15H24N2O3. The maximum absolute atomic E-state index is 11.2. The van der Waals surface area contributed by atoms with Crippen LogP contribution in [0.2, 0.25) is 0 Å². The summed E-state index contributed by atoms with van der Waals surface area (Å²) in [5.74, 6) is 0.975. The van der Waals surface area contributed by atoms with Crippen LogP contribution in [-0.4, -0.2) is 18.1 Å². The van der Waals surface area contributed by atoms with Crippen LogP contribution >= 0.6 is 0 Å². The number of hydrogen-bond acceptors (Lipinski definition) is 4. The van der Waals surface area contributed by atoms with Gasteiger partial charge in [0.25, 0.3) is 0 Å². The molecular weight excluding hydrogens is 256 g/mol. The molecule has 0 amide bonds. The molecule has 20 heavy (non-hydrogen) atoms. The van der Waals surface area contributed by atoms with Crippen molar-refractivity contribution in [3.8, 4) is 5.75 Å². The third-order valence-electron chi connectivity index (χ3n) is 3.22. The Hall–Kier alpha value is -1.78. The van der Waals surface area contributed by atoms with Crippen LogP contribution in [0.1, 0.15) is 40.0 Å². The quantitative estimate of drug-likeness (QED) is 0.571. The molecule has 112 valence electrons. The number of para-hydroxylation sites is 1. The molecule has 1 aromatic carbocycles. The largest absolute Gasteiger partial charge is 0.490 e. The first kappa shape index (κ1) is 16.3. The molecule has 1 unspecified atom stereocenters. The van der Waals surface area contributed by atoms with Crippen molar-refractivity contribution in [2.45, 2.75) is 46.1 Å². The lowest BCUT2D eigenvalue weighted by atomic mass is 10.0. The van der Waals surface area contributed by atoms with E-state index in [0.29, 0.717) is 11.6 Å². The summed E-state index contributed by atoms with van der Waals surface area (Å²) in [5, 5.41) is 14.4. The summed E-state index contributed by atoms with van der Waals surface area (Å²) in [4.78, 5) is 10.8. The Morgan fingerprint density at radius 3 is 2.55 bits per heavy atom. The highest BCUT2D eigenvalue weighted by atomic mass is 16.6. The van der Waals surface area contributed by atoms with Crippen LogP contribution in [-0.2, 0) is 0 Å². The molecule has 0 fully saturated rings. The van der Waals surface area contributed by atoms with Gasteiger partial charge in [-0.2, -0.15) is 0 Å². The van der Waals surface area contributed by atoms with Crippen LogP contribution in [0.5, 0.6) is 5.75 Å². The number of anilines is 1. The molecule has 5 nitrogen and oxygen atoms in total. The summed E-state index contributed by atoms with van der Waals surface area (Å²) in [5.41, 5.74) is 0.525. The lowest BCUT2D eigenvalue weighted by Gasteiger charge is -2.16. The average molecular weight is 280 g/mol. The first-order valence-corrected chi connectivity index (χ1v) is 7.03. The van der Waals surface area contributed by atoms with Crippen LogP contribution < -0.4 is 10.1 Å². The van der Waals surface area contributed by atoms with E-state index in [2.05, 4.69) is 19.2 Å². The third kappa shape index (κ3) is 4.72. The van der Waals surface area contributed by atoms with E-state index < -0.39 is 4.92 Å². The summed E-state index contributed by atoms with van der Waals surface area (Å²) in [7, 11) is 1.44. The van der Waals surface area contributed by atoms with E-state index in [1.54, 1.807) is 18.2 Å². The molecule has 0 aromatic heterocycles. The highest BCUT2D eigenvalue weighted by Gasteiger charge is 2.21. The summed E-state index contributed by atoms with van der Waals surface area (Å²) < 4.78 is 5.06. The Labute approximate surface area is 120 Å². The second kappa shape index (κ2) is 7.72. The standard InChI is InChI=1S/C15H24N2O3/c1-11(2)7-5-8-12(3)16-13-9-6-10-14(20-4)15(13)17(18)19/h6,9-12,16H,5,7-8H2,1-4H3. The fourth-order valence-electron chi connectivity index (χ4n) is 2.16. The van der Waals surface area contributed by atoms with Gasteiger partial charge in [-0.15, -0.1) is 0 Å². The van der Waals surface area contributed by atoms with Crippen LogP contribution in [0.4, 0.5) is 11.4 Å². The Kier molecular flexibility index (Phi) is 6.28. The highest BCUT2D eigenvalue weighted by molar-refractivity contribution is 5.68. The molecule has 0 bridgehead atoms. The van der Waals surface area contributed by atoms with Gasteiger partial charge in [0.1, 0.15) is 5.69 Å². The zero-order valence-corrected chi connectivity index (χ0v) is 12.7. The molecule has 5 heteroatoms. The SMILES string of the molecule is COc1cccc(NC(C)CCCC(C)C)c1[N+](=O)[O-]. The lowest BCUT2D eigenvalue weighted by Crippen LogP contribution is -2.16. The molecule has 0 aliphatic heterocycles. The Morgan fingerprint density at radius 2 is 2.00 bits per heavy atom. The van der Waals surface area contributed by atoms with Crippen LogP contribution in [0, 0.1) is 16.0 Å². The number of benzene rings is 1. The molecule has 0 heterocycles. The number of nitrogens with one attached hydrogen (secondary N) is 1. The number of methoxy groups -OCH3 is 1. The van der Waals surface area contributed by atoms with E-state index in [9.17, 15) is 10.1 Å². The molecule has 1 atom stereocenters. The van der Waals surface area contributed by atoms with Crippen LogP contribution in [0.3, 0.4) is 0 Å². The monoisotopic (exact) mass is 280 g/mol. The zero-order chi connectivity index (χ0) is 15.1. The lowest BCUT2D eigenvalue weighted by molar-refractivity contribution is -0.384. The van der Waals surface area contributed by atoms with Crippen molar-refractivity contribution in [3.05, 3.63) is 28.3 Å². The minimum atomic E-state index is -0.401. The molecule has 0 spiro atoms. The van der Waals surface area contributed by atoms with E-state index in [0.717, 1.165) is 12.8 Å². The highest BCUT2D eigenvalue weighted by Crippen LogP contribution is 2.35. The fourth-order valence-corrected chi connectivity index (χ4v) is 2.16. The third-order valence-corrected chi connectivity index (χ3v) is 3.22. The van der Waals surface area contributed by atoms with E-state index in [1.807, 2.05) is 6.92 Å². The van der Waals surface area contributed by atoms with Crippen molar-refractivity contribution in [1.29, 1.82) is 0 Å². The van der Waals surface area contributed by atoms with Crippen LogP contribution in [0.15, 0.2) is 18.2 Å². The molecule has 0 aliphatic rings. The van der Waals surface area contributed by atoms with Crippen molar-refractivity contribution in [3.63, 3.8) is 0 Å². The second-order valence-corrected chi connectivity index (χ2v) is 5.48. The molecule has 0 saturated heterocycles. The van der Waals surface area contributed by atoms with Crippen molar-refractivity contribution in [2.24, 2.45) is 5.92 Å². The second-order valence-electron chi connectivity index (χ2n) is 5.48. The summed E-state index contributed by atoms with van der Waals surface area (Å²) in [6, 6.07) is 5.28. The van der Waals surface area contributed by atoms with Gasteiger partial charge in [-0.3, -0.25) is 10.1 Å². The number of nitro benzene ring substituents is 1. The smallest absolute Gasteiger partial charge is 0.333 e. The first-order chi connectivity index (χ1) is 9.45. The normalized spacial score (nSPS) is 12.2. The van der Waals surface area contributed by atoms with E-state index in [4.69, 9.17) is 4.74 Å². The van der Waals surface area contributed by atoms with E-state index >= 15 is 0 Å². The van der Waals surface area contributed by atoms with Gasteiger partial charge >= 0.3 is 5.69 Å². The number of nitrogens with zero attached hydrogens (tertiary/aromatic N) is 1. The van der Waals surface area contributed by atoms with Crippen molar-refractivity contribution in [1.82, 2.24) is 0 Å². The molecule has 0 saturated carbocycles. The van der Waals surface area contributed by atoms with E-state index in [1.165, 1.54) is 13.5 Å². The molecule has 1 aromatic rings. The number of nitro groups is 1. The first-order valence-electron chi connectivity index (χ1n) is 7.03. The van der Waals surface area contributed by atoms with Gasteiger partial charge < -0.3 is 10.1 Å². The average Bonchev–Trinajstić information content (AvgIpc) is 2.37. The molecule has 1 rings (SSSR count). The summed E-state index contributed by atoms with van der Waals surface area (Å²) in [6.45, 7) is 6.44. The maximum Gasteiger partial charge on any atom is 0.333 e. The molecule has 1 N–H and O–H groups in total. The van der Waals surface area contributed by atoms with E-state index in [-0.39, 0.29) is 17.5 Å². The predicted molar refractivity (Wildman–Crippen MR) is 81.4 cm³/mol.